The normalized spacial score (nSPS) is 17.4. The first kappa shape index (κ1) is 19.7. The molecule has 4 N–H and O–H groups in total. The van der Waals surface area contributed by atoms with E-state index in [1.807, 2.05) is 36.4 Å². The molecule has 1 aliphatic rings. The topological polar surface area (TPSA) is 107 Å². The van der Waals surface area contributed by atoms with Gasteiger partial charge in [-0.1, -0.05) is 36.4 Å². The summed E-state index contributed by atoms with van der Waals surface area (Å²) in [6, 6.07) is 18.9. The molecule has 152 valence electrons. The predicted octanol–water partition coefficient (Wildman–Crippen LogP) is 3.79. The summed E-state index contributed by atoms with van der Waals surface area (Å²) in [7, 11) is 0. The van der Waals surface area contributed by atoms with E-state index in [2.05, 4.69) is 5.32 Å². The maximum absolute atomic E-state index is 12.5. The van der Waals surface area contributed by atoms with Crippen molar-refractivity contribution in [2.45, 2.75) is 18.9 Å². The van der Waals surface area contributed by atoms with Gasteiger partial charge in [-0.05, 0) is 65.8 Å². The molecule has 0 radical (unpaired) electrons. The minimum Gasteiger partial charge on any atom is -0.507 e. The second-order valence-electron chi connectivity index (χ2n) is 7.50. The van der Waals surface area contributed by atoms with E-state index in [0.29, 0.717) is 12.0 Å². The van der Waals surface area contributed by atoms with Gasteiger partial charge in [0.25, 0.3) is 5.91 Å². The predicted molar refractivity (Wildman–Crippen MR) is 112 cm³/mol. The van der Waals surface area contributed by atoms with Crippen LogP contribution in [0.25, 0.3) is 0 Å². The van der Waals surface area contributed by atoms with Crippen molar-refractivity contribution in [3.8, 4) is 5.75 Å². The van der Waals surface area contributed by atoms with Crippen LogP contribution in [0.1, 0.15) is 43.5 Å². The monoisotopic (exact) mass is 403 g/mol. The Kier molecular flexibility index (Phi) is 5.25. The van der Waals surface area contributed by atoms with Crippen molar-refractivity contribution in [3.05, 3.63) is 94.5 Å². The van der Waals surface area contributed by atoms with Crippen molar-refractivity contribution in [1.82, 2.24) is 0 Å². The molecule has 0 saturated heterocycles. The summed E-state index contributed by atoms with van der Waals surface area (Å²) in [4.78, 5) is 23.6. The van der Waals surface area contributed by atoms with Crippen LogP contribution in [0.4, 0.5) is 5.69 Å². The molecule has 1 amide bonds. The average Bonchev–Trinajstić information content (AvgIpc) is 3.05. The Bertz CT molecular complexity index is 1110. The Balaban J connectivity index is 1.42. The van der Waals surface area contributed by atoms with E-state index in [4.69, 9.17) is 5.11 Å². The third kappa shape index (κ3) is 3.90. The maximum Gasteiger partial charge on any atom is 0.339 e. The van der Waals surface area contributed by atoms with Gasteiger partial charge in [0.1, 0.15) is 11.3 Å². The summed E-state index contributed by atoms with van der Waals surface area (Å²) >= 11 is 0. The third-order valence-corrected chi connectivity index (χ3v) is 5.50. The number of nitrogens with one attached hydrogen (secondary N) is 1. The van der Waals surface area contributed by atoms with Crippen molar-refractivity contribution in [1.29, 1.82) is 0 Å². The molecular weight excluding hydrogens is 382 g/mol. The molecule has 6 heteroatoms. The summed E-state index contributed by atoms with van der Waals surface area (Å²) in [5, 5.41) is 31.8. The fraction of sp³-hybridized carbons (Fsp3) is 0.167. The molecule has 0 fully saturated rings. The van der Waals surface area contributed by atoms with Crippen molar-refractivity contribution < 1.29 is 24.9 Å². The van der Waals surface area contributed by atoms with Gasteiger partial charge >= 0.3 is 5.97 Å². The number of aromatic hydroxyl groups is 1. The summed E-state index contributed by atoms with van der Waals surface area (Å²) in [6.45, 7) is 0. The molecule has 0 aromatic heterocycles. The lowest BCUT2D eigenvalue weighted by atomic mass is 9.94. The highest BCUT2D eigenvalue weighted by molar-refractivity contribution is 6.05. The van der Waals surface area contributed by atoms with Crippen LogP contribution < -0.4 is 5.32 Å². The number of carboxylic acids is 1. The Morgan fingerprint density at radius 3 is 2.43 bits per heavy atom. The number of carbonyl (C=O) groups is 2. The number of fused-ring (bicyclic) bond motifs is 1. The molecular formula is C24H21NO5. The Morgan fingerprint density at radius 1 is 1.00 bits per heavy atom. The van der Waals surface area contributed by atoms with Crippen LogP contribution >= 0.6 is 0 Å². The van der Waals surface area contributed by atoms with Crippen molar-refractivity contribution in [3.63, 3.8) is 0 Å². The molecule has 0 spiro atoms. The first-order chi connectivity index (χ1) is 14.4. The standard InChI is InChI=1S/C24H21NO5/c26-21-10-9-18(13-20(21)24(29)30)25-23(28)15-7-5-14(6-8-15)11-17-12-16-3-1-2-4-19(16)22(17)27/h1-10,13,17,22,26-27H,11-12H2,(H,25,28)(H,29,30). The van der Waals surface area contributed by atoms with E-state index in [0.717, 1.165) is 17.5 Å². The Morgan fingerprint density at radius 2 is 1.73 bits per heavy atom. The lowest BCUT2D eigenvalue weighted by molar-refractivity contribution is 0.0693. The van der Waals surface area contributed by atoms with Crippen molar-refractivity contribution in [2.75, 3.05) is 5.32 Å². The largest absolute Gasteiger partial charge is 0.507 e. The van der Waals surface area contributed by atoms with Gasteiger partial charge in [-0.15, -0.1) is 0 Å². The Labute approximate surface area is 173 Å². The summed E-state index contributed by atoms with van der Waals surface area (Å²) < 4.78 is 0. The zero-order chi connectivity index (χ0) is 21.3. The highest BCUT2D eigenvalue weighted by Crippen LogP contribution is 2.37. The lowest BCUT2D eigenvalue weighted by Gasteiger charge is -2.15. The maximum atomic E-state index is 12.5. The number of anilines is 1. The summed E-state index contributed by atoms with van der Waals surface area (Å²) in [5.74, 6) is -1.91. The van der Waals surface area contributed by atoms with Gasteiger partial charge in [0, 0.05) is 11.3 Å². The van der Waals surface area contributed by atoms with Crippen LogP contribution in [0.3, 0.4) is 0 Å². The second-order valence-corrected chi connectivity index (χ2v) is 7.50. The van der Waals surface area contributed by atoms with Gasteiger partial charge in [-0.3, -0.25) is 4.79 Å². The fourth-order valence-corrected chi connectivity index (χ4v) is 3.92. The van der Waals surface area contributed by atoms with Crippen LogP contribution in [-0.2, 0) is 12.8 Å². The third-order valence-electron chi connectivity index (χ3n) is 5.50. The lowest BCUT2D eigenvalue weighted by Crippen LogP contribution is -2.13. The number of carbonyl (C=O) groups excluding carboxylic acids is 1. The molecule has 30 heavy (non-hydrogen) atoms. The SMILES string of the molecule is O=C(Nc1ccc(O)c(C(=O)O)c1)c1ccc(CC2Cc3ccccc3C2O)cc1. The molecule has 6 nitrogen and oxygen atoms in total. The van der Waals surface area contributed by atoms with Gasteiger partial charge in [0.05, 0.1) is 6.10 Å². The molecule has 3 aromatic carbocycles. The van der Waals surface area contributed by atoms with Crippen LogP contribution in [-0.4, -0.2) is 27.2 Å². The number of hydrogen-bond acceptors (Lipinski definition) is 4. The number of hydrogen-bond donors (Lipinski definition) is 4. The van der Waals surface area contributed by atoms with Crippen LogP contribution in [0.15, 0.2) is 66.7 Å². The average molecular weight is 403 g/mol. The van der Waals surface area contributed by atoms with Gasteiger partial charge < -0.3 is 20.6 Å². The van der Waals surface area contributed by atoms with Crippen LogP contribution in [0, 0.1) is 5.92 Å². The first-order valence-corrected chi connectivity index (χ1v) is 9.65. The van der Waals surface area contributed by atoms with Crippen LogP contribution in [0.2, 0.25) is 0 Å². The highest BCUT2D eigenvalue weighted by atomic mass is 16.4. The van der Waals surface area contributed by atoms with Gasteiger partial charge in [-0.25, -0.2) is 4.79 Å². The number of carboxylic acid groups (broad SMARTS) is 1. The molecule has 0 heterocycles. The van der Waals surface area contributed by atoms with E-state index in [-0.39, 0.29) is 28.8 Å². The van der Waals surface area contributed by atoms with E-state index >= 15 is 0 Å². The number of rotatable bonds is 5. The minimum absolute atomic E-state index is 0.105. The number of benzene rings is 3. The molecule has 0 aliphatic heterocycles. The quantitative estimate of drug-likeness (QED) is 0.485. The number of amides is 1. The minimum atomic E-state index is -1.27. The van der Waals surface area contributed by atoms with E-state index in [9.17, 15) is 19.8 Å². The molecule has 1 aliphatic carbocycles. The number of aromatic carboxylic acids is 1. The summed E-state index contributed by atoms with van der Waals surface area (Å²) in [6.07, 6.45) is 1.05. The number of phenols is 1. The van der Waals surface area contributed by atoms with E-state index in [1.165, 1.54) is 23.8 Å². The fourth-order valence-electron chi connectivity index (χ4n) is 3.92. The summed E-state index contributed by atoms with van der Waals surface area (Å²) in [5.41, 5.74) is 3.64. The molecule has 2 unspecified atom stereocenters. The van der Waals surface area contributed by atoms with E-state index < -0.39 is 12.1 Å². The van der Waals surface area contributed by atoms with Gasteiger partial charge in [-0.2, -0.15) is 0 Å². The molecule has 0 saturated carbocycles. The van der Waals surface area contributed by atoms with Gasteiger partial charge in [0.2, 0.25) is 0 Å². The zero-order valence-electron chi connectivity index (χ0n) is 16.1. The van der Waals surface area contributed by atoms with Crippen molar-refractivity contribution >= 4 is 17.6 Å². The number of aliphatic hydroxyl groups excluding tert-OH is 1. The Hall–Kier alpha value is -3.64. The second kappa shape index (κ2) is 8.00. The molecule has 0 bridgehead atoms. The smallest absolute Gasteiger partial charge is 0.339 e. The molecule has 3 aromatic rings. The molecule has 4 rings (SSSR count). The van der Waals surface area contributed by atoms with Crippen LogP contribution in [0.5, 0.6) is 5.75 Å². The van der Waals surface area contributed by atoms with Gasteiger partial charge in [0.15, 0.2) is 0 Å². The molecule has 2 atom stereocenters. The first-order valence-electron chi connectivity index (χ1n) is 9.65. The highest BCUT2D eigenvalue weighted by Gasteiger charge is 2.30. The zero-order valence-corrected chi connectivity index (χ0v) is 16.1. The van der Waals surface area contributed by atoms with E-state index in [1.54, 1.807) is 12.1 Å². The number of aliphatic hydroxyl groups is 1. The van der Waals surface area contributed by atoms with Crippen molar-refractivity contribution in [2.24, 2.45) is 5.92 Å².